The summed E-state index contributed by atoms with van der Waals surface area (Å²) >= 11 is 0. The number of anilines is 1. The van der Waals surface area contributed by atoms with Crippen molar-refractivity contribution in [1.29, 1.82) is 0 Å². The lowest BCUT2D eigenvalue weighted by molar-refractivity contribution is -0.138. The second-order valence-electron chi connectivity index (χ2n) is 12.6. The van der Waals surface area contributed by atoms with Crippen LogP contribution in [0.25, 0.3) is 11.0 Å². The summed E-state index contributed by atoms with van der Waals surface area (Å²) in [6, 6.07) is 25.4. The maximum Gasteiger partial charge on any atom is 0.229 e. The molecule has 8 heteroatoms. The number of rotatable bonds is 12. The van der Waals surface area contributed by atoms with E-state index < -0.39 is 5.41 Å². The minimum atomic E-state index is -0.500. The zero-order chi connectivity index (χ0) is 31.2. The molecule has 0 radical (unpaired) electrons. The lowest BCUT2D eigenvalue weighted by Gasteiger charge is -2.33. The lowest BCUT2D eigenvalue weighted by Crippen LogP contribution is -2.41. The van der Waals surface area contributed by atoms with Crippen LogP contribution in [-0.2, 0) is 22.5 Å². The number of benzene rings is 3. The van der Waals surface area contributed by atoms with Gasteiger partial charge in [0.1, 0.15) is 5.82 Å². The molecule has 2 aliphatic rings. The van der Waals surface area contributed by atoms with Gasteiger partial charge in [-0.3, -0.25) is 4.79 Å². The van der Waals surface area contributed by atoms with E-state index in [9.17, 15) is 9.18 Å². The lowest BCUT2D eigenvalue weighted by atomic mass is 9.77. The molecule has 0 saturated carbocycles. The molecule has 2 atom stereocenters. The SMILES string of the molecule is CCOCCn1c(N2CCCN(CCC3(Cc4ccc(F)cc4)CCN([C@@H](C)c4ccccc4)C3=O)CC2)nc2ccccc21. The largest absolute Gasteiger partial charge is 0.380 e. The Labute approximate surface area is 266 Å². The maximum atomic E-state index is 14.3. The number of carbonyl (C=O) groups is 1. The summed E-state index contributed by atoms with van der Waals surface area (Å²) in [6.07, 6.45) is 3.26. The molecule has 2 saturated heterocycles. The van der Waals surface area contributed by atoms with Gasteiger partial charge in [-0.2, -0.15) is 0 Å². The Morgan fingerprint density at radius 1 is 0.911 bits per heavy atom. The number of hydrogen-bond acceptors (Lipinski definition) is 5. The molecule has 7 nitrogen and oxygen atoms in total. The van der Waals surface area contributed by atoms with Crippen molar-refractivity contribution >= 4 is 22.9 Å². The number of ether oxygens (including phenoxy) is 1. The van der Waals surface area contributed by atoms with Crippen molar-refractivity contribution in [2.24, 2.45) is 5.41 Å². The van der Waals surface area contributed by atoms with Gasteiger partial charge in [0.15, 0.2) is 0 Å². The van der Waals surface area contributed by atoms with Crippen LogP contribution in [0.2, 0.25) is 0 Å². The molecule has 1 aromatic heterocycles. The van der Waals surface area contributed by atoms with Gasteiger partial charge in [0.25, 0.3) is 0 Å². The van der Waals surface area contributed by atoms with Crippen LogP contribution in [0.3, 0.4) is 0 Å². The number of carbonyl (C=O) groups excluding carboxylic acids is 1. The number of imidazole rings is 1. The quantitative estimate of drug-likeness (QED) is 0.175. The molecule has 0 aliphatic carbocycles. The molecule has 3 heterocycles. The third-order valence-electron chi connectivity index (χ3n) is 9.83. The van der Waals surface area contributed by atoms with Gasteiger partial charge in [0.2, 0.25) is 11.9 Å². The fourth-order valence-corrected chi connectivity index (χ4v) is 7.20. The highest BCUT2D eigenvalue weighted by Gasteiger charge is 2.47. The van der Waals surface area contributed by atoms with E-state index in [0.29, 0.717) is 19.6 Å². The molecule has 6 rings (SSSR count). The summed E-state index contributed by atoms with van der Waals surface area (Å²) in [7, 11) is 0. The van der Waals surface area contributed by atoms with Crippen molar-refractivity contribution in [3.63, 3.8) is 0 Å². The van der Waals surface area contributed by atoms with E-state index in [4.69, 9.17) is 9.72 Å². The molecule has 1 amide bonds. The van der Waals surface area contributed by atoms with Gasteiger partial charge in [0, 0.05) is 39.3 Å². The monoisotopic (exact) mass is 611 g/mol. The van der Waals surface area contributed by atoms with Gasteiger partial charge < -0.3 is 24.0 Å². The first kappa shape index (κ1) is 31.2. The second kappa shape index (κ2) is 14.1. The Balaban J connectivity index is 1.17. The number of halogens is 1. The van der Waals surface area contributed by atoms with Crippen LogP contribution in [0.4, 0.5) is 10.3 Å². The molecule has 0 N–H and O–H groups in total. The highest BCUT2D eigenvalue weighted by atomic mass is 19.1. The number of hydrogen-bond donors (Lipinski definition) is 0. The number of amides is 1. The van der Waals surface area contributed by atoms with Gasteiger partial charge in [0.05, 0.1) is 29.1 Å². The highest BCUT2D eigenvalue weighted by Crippen LogP contribution is 2.42. The van der Waals surface area contributed by atoms with E-state index in [2.05, 4.69) is 56.5 Å². The molecule has 0 bridgehead atoms. The van der Waals surface area contributed by atoms with Crippen LogP contribution < -0.4 is 4.90 Å². The number of fused-ring (bicyclic) bond motifs is 1. The molecule has 238 valence electrons. The average Bonchev–Trinajstić information content (AvgIpc) is 3.48. The third kappa shape index (κ3) is 6.92. The fourth-order valence-electron chi connectivity index (χ4n) is 7.20. The van der Waals surface area contributed by atoms with E-state index in [0.717, 1.165) is 93.2 Å². The van der Waals surface area contributed by atoms with Gasteiger partial charge in [-0.15, -0.1) is 0 Å². The van der Waals surface area contributed by atoms with Gasteiger partial charge in [-0.25, -0.2) is 9.37 Å². The maximum absolute atomic E-state index is 14.3. The Hall–Kier alpha value is -3.75. The van der Waals surface area contributed by atoms with Crippen molar-refractivity contribution in [2.75, 3.05) is 57.4 Å². The molecular formula is C37H46FN5O2. The molecule has 45 heavy (non-hydrogen) atoms. The Bertz CT molecular complexity index is 1560. The minimum absolute atomic E-state index is 0.0162. The summed E-state index contributed by atoms with van der Waals surface area (Å²) in [6.45, 7) is 11.6. The van der Waals surface area contributed by atoms with Crippen molar-refractivity contribution < 1.29 is 13.9 Å². The normalized spacial score (nSPS) is 20.2. The van der Waals surface area contributed by atoms with Gasteiger partial charge in [-0.1, -0.05) is 54.6 Å². The Kier molecular flexibility index (Phi) is 9.81. The number of aromatic nitrogens is 2. The zero-order valence-electron chi connectivity index (χ0n) is 26.7. The van der Waals surface area contributed by atoms with Crippen molar-refractivity contribution in [3.05, 3.63) is 95.8 Å². The van der Waals surface area contributed by atoms with Crippen molar-refractivity contribution in [1.82, 2.24) is 19.4 Å². The Morgan fingerprint density at radius 3 is 2.49 bits per heavy atom. The first-order valence-electron chi connectivity index (χ1n) is 16.6. The predicted octanol–water partition coefficient (Wildman–Crippen LogP) is 6.34. The van der Waals surface area contributed by atoms with E-state index in [1.165, 1.54) is 12.1 Å². The van der Waals surface area contributed by atoms with Crippen LogP contribution >= 0.6 is 0 Å². The minimum Gasteiger partial charge on any atom is -0.380 e. The van der Waals surface area contributed by atoms with Crippen molar-refractivity contribution in [2.45, 2.75) is 52.1 Å². The van der Waals surface area contributed by atoms with Crippen LogP contribution in [0.1, 0.15) is 50.3 Å². The Morgan fingerprint density at radius 2 is 1.69 bits per heavy atom. The van der Waals surface area contributed by atoms with Crippen LogP contribution in [-0.4, -0.2) is 77.7 Å². The topological polar surface area (TPSA) is 53.8 Å². The van der Waals surface area contributed by atoms with E-state index in [-0.39, 0.29) is 17.8 Å². The predicted molar refractivity (Wildman–Crippen MR) is 178 cm³/mol. The summed E-state index contributed by atoms with van der Waals surface area (Å²) in [5, 5.41) is 0. The first-order valence-corrected chi connectivity index (χ1v) is 16.6. The van der Waals surface area contributed by atoms with E-state index in [1.54, 1.807) is 0 Å². The fraction of sp³-hybridized carbons (Fsp3) is 0.459. The van der Waals surface area contributed by atoms with E-state index >= 15 is 0 Å². The molecular weight excluding hydrogens is 565 g/mol. The highest BCUT2D eigenvalue weighted by molar-refractivity contribution is 5.85. The second-order valence-corrected chi connectivity index (χ2v) is 12.6. The van der Waals surface area contributed by atoms with Gasteiger partial charge in [-0.05, 0) is 88.0 Å². The van der Waals surface area contributed by atoms with Crippen LogP contribution in [0.5, 0.6) is 0 Å². The van der Waals surface area contributed by atoms with Crippen LogP contribution in [0, 0.1) is 11.2 Å². The average molecular weight is 612 g/mol. The van der Waals surface area contributed by atoms with Gasteiger partial charge >= 0.3 is 0 Å². The molecule has 2 aliphatic heterocycles. The zero-order valence-corrected chi connectivity index (χ0v) is 26.7. The summed E-state index contributed by atoms with van der Waals surface area (Å²) in [4.78, 5) is 26.4. The number of nitrogens with zero attached hydrogens (tertiary/aromatic N) is 5. The smallest absolute Gasteiger partial charge is 0.229 e. The summed E-state index contributed by atoms with van der Waals surface area (Å²) in [5.41, 5.74) is 3.84. The standard InChI is InChI=1S/C37H46FN5O2/c1-3-45-27-26-43-34-13-8-7-12-33(34)39-36(43)41-21-9-20-40(24-25-41)22-18-37(28-30-14-16-32(38)17-15-30)19-23-42(35(37)44)29(2)31-10-5-4-6-11-31/h4-8,10-17,29H,3,9,18-28H2,1-2H3/t29-,37?/m0/s1. The molecule has 4 aromatic rings. The number of para-hydroxylation sites is 2. The molecule has 2 fully saturated rings. The summed E-state index contributed by atoms with van der Waals surface area (Å²) < 4.78 is 21.8. The third-order valence-corrected chi connectivity index (χ3v) is 9.83. The summed E-state index contributed by atoms with van der Waals surface area (Å²) in [5.74, 6) is 0.995. The molecule has 0 spiro atoms. The molecule has 3 aromatic carbocycles. The van der Waals surface area contributed by atoms with Crippen molar-refractivity contribution in [3.8, 4) is 0 Å². The number of likely N-dealkylation sites (tertiary alicyclic amines) is 1. The first-order chi connectivity index (χ1) is 22.0. The van der Waals surface area contributed by atoms with Crippen LogP contribution in [0.15, 0.2) is 78.9 Å². The van der Waals surface area contributed by atoms with E-state index in [1.807, 2.05) is 43.3 Å². The molecule has 1 unspecified atom stereocenters.